The number of anilines is 5. The van der Waals surface area contributed by atoms with Crippen LogP contribution in [0.25, 0.3) is 11.1 Å². The maximum atomic E-state index is 11.7. The summed E-state index contributed by atoms with van der Waals surface area (Å²) in [5, 5.41) is 9.78. The fourth-order valence-corrected chi connectivity index (χ4v) is 6.02. The number of carbonyl (C=O) groups excluding carboxylic acids is 1. The van der Waals surface area contributed by atoms with E-state index in [4.69, 9.17) is 9.47 Å². The summed E-state index contributed by atoms with van der Waals surface area (Å²) in [7, 11) is 0. The maximum Gasteiger partial charge on any atom is 0.335 e. The van der Waals surface area contributed by atoms with Crippen LogP contribution in [0.1, 0.15) is 16.7 Å². The molecule has 1 unspecified atom stereocenters. The average Bonchev–Trinajstić information content (AvgIpc) is 3.16. The molecule has 0 amide bonds. The van der Waals surface area contributed by atoms with Crippen LogP contribution in [0.5, 0.6) is 11.5 Å². The smallest absolute Gasteiger partial charge is 0.335 e. The Kier molecular flexibility index (Phi) is 10.7. The molecule has 0 bridgehead atoms. The Bertz CT molecular complexity index is 2110. The molecular weight excluding hydrogens is 633 g/mol. The number of carbonyl (C=O) groups is 1. The second kappa shape index (κ2) is 15.9. The Labute approximate surface area is 299 Å². The van der Waals surface area contributed by atoms with Crippen molar-refractivity contribution in [1.82, 2.24) is 0 Å². The Morgan fingerprint density at radius 3 is 1.75 bits per heavy atom. The van der Waals surface area contributed by atoms with Gasteiger partial charge >= 0.3 is 5.97 Å². The van der Waals surface area contributed by atoms with Gasteiger partial charge in [0.1, 0.15) is 11.5 Å². The zero-order chi connectivity index (χ0) is 35.7. The third kappa shape index (κ3) is 8.27. The zero-order valence-corrected chi connectivity index (χ0v) is 28.8. The lowest BCUT2D eigenvalue weighted by Crippen LogP contribution is -2.17. The highest BCUT2D eigenvalue weighted by atomic mass is 16.6. The van der Waals surface area contributed by atoms with Crippen LogP contribution in [0.4, 0.5) is 28.4 Å². The molecule has 0 aromatic heterocycles. The number of aliphatic hydroxyl groups is 1. The first-order valence-corrected chi connectivity index (χ1v) is 16.7. The van der Waals surface area contributed by atoms with E-state index in [1.807, 2.05) is 60.7 Å². The van der Waals surface area contributed by atoms with Gasteiger partial charge in [-0.05, 0) is 133 Å². The molecule has 0 fully saturated rings. The standard InChI is InChI=1S/C45H40N2O4/c1-5-44(48)50-40-23-17-34(18-24-40)31-46(37-13-9-7-10-14-37)42-27-19-35(29-32(42)3)36-20-28-43(33(4)30-36)47(38-15-11-8-12-16-38)39-21-25-41(26-22-39)51-45(49)6-2/h5-30,44,48H,1-2,31H2,3-4H3. The van der Waals surface area contributed by atoms with Gasteiger partial charge in [-0.1, -0.05) is 73.8 Å². The van der Waals surface area contributed by atoms with Crippen molar-refractivity contribution in [3.05, 3.63) is 188 Å². The largest absolute Gasteiger partial charge is 0.461 e. The van der Waals surface area contributed by atoms with E-state index in [1.54, 1.807) is 12.1 Å². The molecule has 6 aromatic rings. The summed E-state index contributed by atoms with van der Waals surface area (Å²) in [6.07, 6.45) is 1.45. The molecule has 6 aromatic carbocycles. The van der Waals surface area contributed by atoms with Gasteiger partial charge in [0, 0.05) is 41.1 Å². The van der Waals surface area contributed by atoms with E-state index in [9.17, 15) is 9.90 Å². The fraction of sp³-hybridized carbons (Fsp3) is 0.0889. The number of aryl methyl sites for hydroxylation is 2. The van der Waals surface area contributed by atoms with Crippen LogP contribution in [0, 0.1) is 13.8 Å². The third-order valence-corrected chi connectivity index (χ3v) is 8.54. The normalized spacial score (nSPS) is 11.3. The van der Waals surface area contributed by atoms with Crippen LogP contribution in [-0.4, -0.2) is 17.4 Å². The molecule has 0 aliphatic heterocycles. The monoisotopic (exact) mass is 672 g/mol. The van der Waals surface area contributed by atoms with Crippen molar-refractivity contribution in [2.24, 2.45) is 0 Å². The highest BCUT2D eigenvalue weighted by Gasteiger charge is 2.17. The van der Waals surface area contributed by atoms with Gasteiger partial charge in [0.2, 0.25) is 6.29 Å². The molecule has 0 aliphatic rings. The quantitative estimate of drug-likeness (QED) is 0.0433. The molecule has 254 valence electrons. The van der Waals surface area contributed by atoms with Crippen molar-refractivity contribution in [2.45, 2.75) is 26.7 Å². The lowest BCUT2D eigenvalue weighted by molar-refractivity contribution is -0.128. The number of rotatable bonds is 13. The molecule has 0 heterocycles. The summed E-state index contributed by atoms with van der Waals surface area (Å²) in [5.41, 5.74) is 10.8. The molecule has 6 rings (SSSR count). The van der Waals surface area contributed by atoms with Crippen LogP contribution < -0.4 is 19.3 Å². The van der Waals surface area contributed by atoms with E-state index >= 15 is 0 Å². The van der Waals surface area contributed by atoms with E-state index < -0.39 is 12.3 Å². The Morgan fingerprint density at radius 1 is 0.667 bits per heavy atom. The van der Waals surface area contributed by atoms with Crippen molar-refractivity contribution in [1.29, 1.82) is 0 Å². The van der Waals surface area contributed by atoms with Crippen molar-refractivity contribution in [3.8, 4) is 22.6 Å². The lowest BCUT2D eigenvalue weighted by atomic mass is 9.98. The number of hydrogen-bond donors (Lipinski definition) is 1. The van der Waals surface area contributed by atoms with Crippen LogP contribution in [0.3, 0.4) is 0 Å². The first-order chi connectivity index (χ1) is 24.8. The molecule has 0 saturated carbocycles. The van der Waals surface area contributed by atoms with Crippen molar-refractivity contribution in [2.75, 3.05) is 9.80 Å². The molecule has 0 radical (unpaired) electrons. The van der Waals surface area contributed by atoms with Gasteiger partial charge in [0.05, 0.1) is 0 Å². The van der Waals surface area contributed by atoms with Crippen molar-refractivity contribution < 1.29 is 19.4 Å². The summed E-state index contributed by atoms with van der Waals surface area (Å²) >= 11 is 0. The van der Waals surface area contributed by atoms with Gasteiger partial charge in [0.15, 0.2) is 0 Å². The van der Waals surface area contributed by atoms with Gasteiger partial charge in [-0.3, -0.25) is 0 Å². The van der Waals surface area contributed by atoms with Gasteiger partial charge < -0.3 is 24.4 Å². The van der Waals surface area contributed by atoms with Crippen LogP contribution in [0.15, 0.2) is 171 Å². The molecule has 6 heteroatoms. The minimum absolute atomic E-state index is 0.459. The van der Waals surface area contributed by atoms with Crippen LogP contribution in [0.2, 0.25) is 0 Å². The number of hydrogen-bond acceptors (Lipinski definition) is 6. The zero-order valence-electron chi connectivity index (χ0n) is 28.8. The summed E-state index contributed by atoms with van der Waals surface area (Å²) in [5.74, 6) is 0.546. The molecule has 6 nitrogen and oxygen atoms in total. The lowest BCUT2D eigenvalue weighted by Gasteiger charge is -2.28. The molecule has 0 spiro atoms. The van der Waals surface area contributed by atoms with E-state index in [1.165, 1.54) is 6.08 Å². The number of aliphatic hydroxyl groups excluding tert-OH is 1. The summed E-state index contributed by atoms with van der Waals surface area (Å²) in [6, 6.07) is 48.9. The molecule has 0 saturated heterocycles. The second-order valence-electron chi connectivity index (χ2n) is 12.1. The highest BCUT2D eigenvalue weighted by molar-refractivity contribution is 5.84. The van der Waals surface area contributed by atoms with Gasteiger partial charge in [-0.25, -0.2) is 4.79 Å². The first-order valence-electron chi connectivity index (χ1n) is 16.7. The summed E-state index contributed by atoms with van der Waals surface area (Å²) in [4.78, 5) is 16.2. The molecule has 1 atom stereocenters. The van der Waals surface area contributed by atoms with Crippen LogP contribution in [-0.2, 0) is 11.3 Å². The third-order valence-electron chi connectivity index (χ3n) is 8.54. The Morgan fingerprint density at radius 2 is 1.20 bits per heavy atom. The predicted octanol–water partition coefficient (Wildman–Crippen LogP) is 10.8. The fourth-order valence-electron chi connectivity index (χ4n) is 6.02. The molecule has 1 N–H and O–H groups in total. The van der Waals surface area contributed by atoms with Crippen molar-refractivity contribution >= 4 is 34.4 Å². The van der Waals surface area contributed by atoms with Crippen molar-refractivity contribution in [3.63, 3.8) is 0 Å². The van der Waals surface area contributed by atoms with Gasteiger partial charge in [-0.15, -0.1) is 0 Å². The Hall–Kier alpha value is -6.37. The average molecular weight is 673 g/mol. The van der Waals surface area contributed by atoms with Crippen LogP contribution >= 0.6 is 0 Å². The SMILES string of the molecule is C=CC(=O)Oc1ccc(N(c2ccccc2)c2ccc(-c3ccc(N(Cc4ccc(OC(O)C=C)cc4)c4ccccc4)c(C)c3)cc2C)cc1. The number of esters is 1. The van der Waals surface area contributed by atoms with E-state index in [0.717, 1.165) is 62.3 Å². The number of para-hydroxylation sites is 2. The predicted molar refractivity (Wildman–Crippen MR) is 207 cm³/mol. The highest BCUT2D eigenvalue weighted by Crippen LogP contribution is 2.39. The van der Waals surface area contributed by atoms with E-state index in [2.05, 4.69) is 110 Å². The molecular formula is C45H40N2O4. The number of benzene rings is 6. The summed E-state index contributed by atoms with van der Waals surface area (Å²) in [6.45, 7) is 12.0. The second-order valence-corrected chi connectivity index (χ2v) is 12.1. The minimum atomic E-state index is -1.05. The Balaban J connectivity index is 1.29. The minimum Gasteiger partial charge on any atom is -0.461 e. The van der Waals surface area contributed by atoms with E-state index in [0.29, 0.717) is 18.0 Å². The van der Waals surface area contributed by atoms with Gasteiger partial charge in [-0.2, -0.15) is 0 Å². The number of nitrogens with zero attached hydrogens (tertiary/aromatic N) is 2. The maximum absolute atomic E-state index is 11.7. The molecule has 51 heavy (non-hydrogen) atoms. The molecule has 0 aliphatic carbocycles. The first kappa shape index (κ1) is 34.5. The summed E-state index contributed by atoms with van der Waals surface area (Å²) < 4.78 is 10.8. The van der Waals surface area contributed by atoms with E-state index in [-0.39, 0.29) is 0 Å². The topological polar surface area (TPSA) is 62.2 Å². The number of ether oxygens (including phenoxy) is 2. The van der Waals surface area contributed by atoms with Gasteiger partial charge in [0.25, 0.3) is 0 Å².